The Morgan fingerprint density at radius 3 is 2.08 bits per heavy atom. The van der Waals surface area contributed by atoms with Crippen LogP contribution in [0.4, 0.5) is 0 Å². The summed E-state index contributed by atoms with van der Waals surface area (Å²) in [5.74, 6) is 0. The summed E-state index contributed by atoms with van der Waals surface area (Å²) in [6.45, 7) is 2.88. The summed E-state index contributed by atoms with van der Waals surface area (Å²) in [6.07, 6.45) is 2.03. The Morgan fingerprint density at radius 2 is 1.77 bits per heavy atom. The first-order valence-electron chi connectivity index (χ1n) is 4.87. The van der Waals surface area contributed by atoms with Gasteiger partial charge in [-0.1, -0.05) is 0 Å². The maximum atomic E-state index is 5.53. The van der Waals surface area contributed by atoms with Crippen molar-refractivity contribution in [1.82, 2.24) is 16.0 Å². The molecule has 0 aliphatic carbocycles. The quantitative estimate of drug-likeness (QED) is 0.406. The Hall–Kier alpha value is -0.160. The van der Waals surface area contributed by atoms with E-state index in [9.17, 15) is 0 Å². The topological polar surface area (TPSA) is 62.1 Å². The van der Waals surface area contributed by atoms with Gasteiger partial charge in [-0.15, -0.1) is 0 Å². The average Bonchev–Trinajstić information content (AvgIpc) is 2.17. The predicted molar refractivity (Wildman–Crippen MR) is 57.7 cm³/mol. The van der Waals surface area contributed by atoms with Crippen molar-refractivity contribution in [3.05, 3.63) is 0 Å². The lowest BCUT2D eigenvalue weighted by Gasteiger charge is -2.32. The van der Waals surface area contributed by atoms with Crippen molar-refractivity contribution in [3.8, 4) is 0 Å². The fourth-order valence-electron chi connectivity index (χ4n) is 1.37. The van der Waals surface area contributed by atoms with Gasteiger partial charge in [-0.3, -0.25) is 0 Å². The van der Waals surface area contributed by atoms with Gasteiger partial charge in [-0.05, 0) is 47.5 Å². The molecule has 1 unspecified atom stereocenters. The fourth-order valence-corrected chi connectivity index (χ4v) is 1.37. The van der Waals surface area contributed by atoms with E-state index in [4.69, 9.17) is 5.73 Å². The molecule has 0 spiro atoms. The van der Waals surface area contributed by atoms with E-state index >= 15 is 0 Å². The first-order chi connectivity index (χ1) is 6.11. The summed E-state index contributed by atoms with van der Waals surface area (Å²) in [5, 5.41) is 9.79. The molecule has 5 N–H and O–H groups in total. The van der Waals surface area contributed by atoms with Crippen LogP contribution in [0.3, 0.4) is 0 Å². The molecular weight excluding hydrogens is 164 g/mol. The van der Waals surface area contributed by atoms with Crippen LogP contribution in [0.2, 0.25) is 0 Å². The van der Waals surface area contributed by atoms with Crippen molar-refractivity contribution in [2.24, 2.45) is 5.73 Å². The van der Waals surface area contributed by atoms with E-state index in [1.54, 1.807) is 0 Å². The Kier molecular flexibility index (Phi) is 6.24. The van der Waals surface area contributed by atoms with Gasteiger partial charge in [0, 0.05) is 6.04 Å². The van der Waals surface area contributed by atoms with E-state index in [1.807, 2.05) is 21.1 Å². The predicted octanol–water partition coefficient (Wildman–Crippen LogP) is -0.532. The van der Waals surface area contributed by atoms with Crippen molar-refractivity contribution >= 4 is 0 Å². The summed E-state index contributed by atoms with van der Waals surface area (Å²) in [6, 6.07) is 0.468. The van der Waals surface area contributed by atoms with Gasteiger partial charge in [0.2, 0.25) is 0 Å². The van der Waals surface area contributed by atoms with Crippen LogP contribution in [0, 0.1) is 0 Å². The molecule has 0 aromatic heterocycles. The van der Waals surface area contributed by atoms with Gasteiger partial charge >= 0.3 is 0 Å². The van der Waals surface area contributed by atoms with Crippen LogP contribution in [-0.2, 0) is 0 Å². The van der Waals surface area contributed by atoms with E-state index in [1.165, 1.54) is 0 Å². The number of rotatable bonds is 7. The maximum absolute atomic E-state index is 5.53. The molecule has 0 amide bonds. The third kappa shape index (κ3) is 4.57. The zero-order valence-corrected chi connectivity index (χ0v) is 9.28. The van der Waals surface area contributed by atoms with Gasteiger partial charge in [0.25, 0.3) is 0 Å². The Balaban J connectivity index is 4.02. The second-order valence-corrected chi connectivity index (χ2v) is 3.60. The summed E-state index contributed by atoms with van der Waals surface area (Å²) >= 11 is 0. The summed E-state index contributed by atoms with van der Waals surface area (Å²) < 4.78 is 0. The lowest BCUT2D eigenvalue weighted by Crippen LogP contribution is -2.54. The second-order valence-electron chi connectivity index (χ2n) is 3.60. The molecule has 4 heteroatoms. The zero-order chi connectivity index (χ0) is 10.3. The van der Waals surface area contributed by atoms with Crippen LogP contribution in [-0.4, -0.2) is 39.4 Å². The summed E-state index contributed by atoms with van der Waals surface area (Å²) in [5.41, 5.74) is 5.51. The SMILES string of the molecule is CNC(CCN)CC(C)(NC)NC. The van der Waals surface area contributed by atoms with E-state index in [0.29, 0.717) is 6.04 Å². The number of hydrogen-bond acceptors (Lipinski definition) is 4. The van der Waals surface area contributed by atoms with Gasteiger partial charge in [0.1, 0.15) is 0 Å². The molecule has 0 aromatic carbocycles. The molecule has 0 fully saturated rings. The van der Waals surface area contributed by atoms with Gasteiger partial charge in [-0.25, -0.2) is 0 Å². The van der Waals surface area contributed by atoms with Crippen LogP contribution >= 0.6 is 0 Å². The molecule has 0 bridgehead atoms. The highest BCUT2D eigenvalue weighted by Gasteiger charge is 2.22. The largest absolute Gasteiger partial charge is 0.330 e. The molecule has 4 nitrogen and oxygen atoms in total. The Bertz CT molecular complexity index is 123. The van der Waals surface area contributed by atoms with Crippen molar-refractivity contribution in [3.63, 3.8) is 0 Å². The van der Waals surface area contributed by atoms with Crippen molar-refractivity contribution in [2.75, 3.05) is 27.7 Å². The average molecular weight is 188 g/mol. The van der Waals surface area contributed by atoms with Crippen LogP contribution in [0.25, 0.3) is 0 Å². The smallest absolute Gasteiger partial charge is 0.0668 e. The molecule has 0 aliphatic rings. The van der Waals surface area contributed by atoms with Crippen molar-refractivity contribution < 1.29 is 0 Å². The normalized spacial score (nSPS) is 14.5. The molecule has 13 heavy (non-hydrogen) atoms. The first kappa shape index (κ1) is 12.8. The molecule has 0 radical (unpaired) electrons. The molecule has 0 saturated carbocycles. The van der Waals surface area contributed by atoms with Gasteiger partial charge in [0.15, 0.2) is 0 Å². The minimum atomic E-state index is -0.0111. The standard InChI is InChI=1S/C9H24N4/c1-9(12-3,13-4)7-8(11-2)5-6-10/h8,11-13H,5-7,10H2,1-4H3. The molecule has 0 aliphatic heterocycles. The lowest BCUT2D eigenvalue weighted by molar-refractivity contribution is 0.263. The van der Waals surface area contributed by atoms with Crippen LogP contribution in [0.5, 0.6) is 0 Å². The van der Waals surface area contributed by atoms with E-state index in [0.717, 1.165) is 19.4 Å². The van der Waals surface area contributed by atoms with E-state index in [-0.39, 0.29) is 5.66 Å². The highest BCUT2D eigenvalue weighted by atomic mass is 15.2. The minimum absolute atomic E-state index is 0.0111. The maximum Gasteiger partial charge on any atom is 0.0668 e. The Morgan fingerprint density at radius 1 is 1.23 bits per heavy atom. The highest BCUT2D eigenvalue weighted by molar-refractivity contribution is 4.83. The lowest BCUT2D eigenvalue weighted by atomic mass is 10.00. The number of hydrogen-bond donors (Lipinski definition) is 4. The van der Waals surface area contributed by atoms with Crippen LogP contribution in [0.1, 0.15) is 19.8 Å². The summed E-state index contributed by atoms with van der Waals surface area (Å²) in [4.78, 5) is 0. The van der Waals surface area contributed by atoms with E-state index < -0.39 is 0 Å². The molecule has 80 valence electrons. The van der Waals surface area contributed by atoms with Crippen LogP contribution in [0.15, 0.2) is 0 Å². The molecule has 0 aromatic rings. The summed E-state index contributed by atoms with van der Waals surface area (Å²) in [7, 11) is 5.91. The zero-order valence-electron chi connectivity index (χ0n) is 9.28. The van der Waals surface area contributed by atoms with E-state index in [2.05, 4.69) is 22.9 Å². The number of nitrogens with two attached hydrogens (primary N) is 1. The third-order valence-corrected chi connectivity index (χ3v) is 2.68. The highest BCUT2D eigenvalue weighted by Crippen LogP contribution is 2.09. The van der Waals surface area contributed by atoms with Crippen molar-refractivity contribution in [1.29, 1.82) is 0 Å². The third-order valence-electron chi connectivity index (χ3n) is 2.68. The molecule has 1 atom stereocenters. The Labute approximate surface area is 81.6 Å². The first-order valence-corrected chi connectivity index (χ1v) is 4.87. The minimum Gasteiger partial charge on any atom is -0.330 e. The molecule has 0 rings (SSSR count). The van der Waals surface area contributed by atoms with Gasteiger partial charge in [-0.2, -0.15) is 0 Å². The second kappa shape index (κ2) is 6.32. The fraction of sp³-hybridized carbons (Fsp3) is 1.00. The molecule has 0 heterocycles. The van der Waals surface area contributed by atoms with Gasteiger partial charge < -0.3 is 21.7 Å². The number of nitrogens with one attached hydrogen (secondary N) is 3. The molecule has 0 saturated heterocycles. The van der Waals surface area contributed by atoms with Crippen molar-refractivity contribution in [2.45, 2.75) is 31.5 Å². The molecular formula is C9H24N4. The van der Waals surface area contributed by atoms with Crippen LogP contribution < -0.4 is 21.7 Å². The monoisotopic (exact) mass is 188 g/mol. The van der Waals surface area contributed by atoms with Gasteiger partial charge in [0.05, 0.1) is 5.66 Å².